The topological polar surface area (TPSA) is 71.8 Å². The van der Waals surface area contributed by atoms with Crippen LogP contribution in [0.5, 0.6) is 0 Å². The molecule has 5 heteroatoms. The van der Waals surface area contributed by atoms with E-state index in [2.05, 4.69) is 25.7 Å². The number of aromatic carboxylic acids is 1. The zero-order chi connectivity index (χ0) is 12.7. The Balaban J connectivity index is 2.13. The first kappa shape index (κ1) is 12.4. The Labute approximate surface area is 103 Å². The first-order chi connectivity index (χ1) is 7.84. The Morgan fingerprint density at radius 3 is 2.24 bits per heavy atom. The highest BCUT2D eigenvalue weighted by Gasteiger charge is 2.49. The molecule has 2 rings (SSSR count). The fraction of sp³-hybridized carbons (Fsp3) is 0.417. The number of carbonyl (C=O) groups is 1. The van der Waals surface area contributed by atoms with Gasteiger partial charge < -0.3 is 5.11 Å². The molecule has 2 N–H and O–H groups in total. The Kier molecular flexibility index (Phi) is 2.93. The van der Waals surface area contributed by atoms with Gasteiger partial charge in [0.05, 0.1) is 5.56 Å². The molecule has 0 aliphatic carbocycles. The van der Waals surface area contributed by atoms with Gasteiger partial charge in [0, 0.05) is 10.5 Å². The van der Waals surface area contributed by atoms with Gasteiger partial charge in [-0.25, -0.2) is 9.08 Å². The van der Waals surface area contributed by atoms with E-state index in [1.807, 2.05) is 12.1 Å². The van der Waals surface area contributed by atoms with E-state index in [4.69, 9.17) is 9.39 Å². The van der Waals surface area contributed by atoms with Gasteiger partial charge in [-0.15, -0.1) is 4.89 Å². The van der Waals surface area contributed by atoms with Crippen molar-refractivity contribution < 1.29 is 14.2 Å². The van der Waals surface area contributed by atoms with Crippen molar-refractivity contribution in [1.82, 2.24) is 4.89 Å². The van der Waals surface area contributed by atoms with Crippen LogP contribution < -0.4 is 4.89 Å². The van der Waals surface area contributed by atoms with Crippen molar-refractivity contribution in [2.45, 2.75) is 31.3 Å². The highest BCUT2D eigenvalue weighted by Crippen LogP contribution is 2.68. The van der Waals surface area contributed by atoms with Crippen LogP contribution in [0.2, 0.25) is 0 Å². The van der Waals surface area contributed by atoms with Gasteiger partial charge in [0.25, 0.3) is 0 Å². The van der Waals surface area contributed by atoms with Gasteiger partial charge in [0.15, 0.2) is 0 Å². The molecule has 1 saturated heterocycles. The largest absolute Gasteiger partial charge is 0.478 e. The maximum atomic E-state index is 10.7. The van der Waals surface area contributed by atoms with Crippen LogP contribution in [-0.2, 0) is 10.0 Å². The third kappa shape index (κ3) is 2.46. The molecule has 0 saturated carbocycles. The summed E-state index contributed by atoms with van der Waals surface area (Å²) < 4.78 is 5.54. The molecule has 1 aliphatic heterocycles. The zero-order valence-corrected chi connectivity index (χ0v) is 11.0. The number of hydrogen-bond donors (Lipinski definition) is 2. The molecule has 0 radical (unpaired) electrons. The van der Waals surface area contributed by atoms with Crippen molar-refractivity contribution >= 4 is 16.5 Å². The maximum Gasteiger partial charge on any atom is 0.335 e. The number of hydrogen-bond acceptors (Lipinski definition) is 3. The second kappa shape index (κ2) is 4.01. The van der Waals surface area contributed by atoms with Crippen LogP contribution in [0.1, 0.15) is 36.7 Å². The van der Waals surface area contributed by atoms with Crippen molar-refractivity contribution in [3.8, 4) is 0 Å². The molecule has 1 unspecified atom stereocenters. The smallest absolute Gasteiger partial charge is 0.335 e. The quantitative estimate of drug-likeness (QED) is 0.815. The summed E-state index contributed by atoms with van der Waals surface area (Å²) >= 11 is 0. The second-order valence-electron chi connectivity index (χ2n) is 5.10. The Morgan fingerprint density at radius 2 is 1.88 bits per heavy atom. The van der Waals surface area contributed by atoms with Gasteiger partial charge in [-0.05, 0) is 49.0 Å². The number of rotatable bonds is 3. The summed E-state index contributed by atoms with van der Waals surface area (Å²) in [7, 11) is -1.23. The summed E-state index contributed by atoms with van der Waals surface area (Å²) in [6, 6.07) is 6.98. The molecule has 0 aromatic heterocycles. The third-order valence-electron chi connectivity index (χ3n) is 2.84. The minimum Gasteiger partial charge on any atom is -0.478 e. The fourth-order valence-electron chi connectivity index (χ4n) is 1.54. The average Bonchev–Trinajstić information content (AvgIpc) is 2.98. The Morgan fingerprint density at radius 1 is 1.35 bits per heavy atom. The molecule has 1 aliphatic rings. The molecule has 0 amide bonds. The van der Waals surface area contributed by atoms with Crippen LogP contribution in [0.4, 0.5) is 0 Å². The van der Waals surface area contributed by atoms with Crippen LogP contribution >= 0.6 is 10.5 Å². The Hall–Kier alpha value is -1.04. The normalized spacial score (nSPS) is 27.2. The highest BCUT2D eigenvalue weighted by molar-refractivity contribution is 8.32. The summed E-state index contributed by atoms with van der Waals surface area (Å²) in [5, 5.41) is 8.82. The molecular weight excluding hydrogens is 238 g/mol. The van der Waals surface area contributed by atoms with E-state index in [1.54, 1.807) is 12.1 Å². The minimum absolute atomic E-state index is 0.0818. The average molecular weight is 255 g/mol. The monoisotopic (exact) mass is 255 g/mol. The van der Waals surface area contributed by atoms with E-state index >= 15 is 0 Å². The lowest BCUT2D eigenvalue weighted by Crippen LogP contribution is -2.19. The first-order valence-corrected chi connectivity index (χ1v) is 7.15. The van der Waals surface area contributed by atoms with Gasteiger partial charge in [-0.1, -0.05) is 12.1 Å². The van der Waals surface area contributed by atoms with E-state index in [0.29, 0.717) is 5.56 Å². The first-order valence-electron chi connectivity index (χ1n) is 5.42. The number of carboxylic acids is 1. The zero-order valence-electron chi connectivity index (χ0n) is 10.2. The van der Waals surface area contributed by atoms with Gasteiger partial charge in [-0.2, -0.15) is 0 Å². The number of carboxylic acid groups (broad SMARTS) is 1. The van der Waals surface area contributed by atoms with Crippen LogP contribution in [0.25, 0.3) is 0 Å². The van der Waals surface area contributed by atoms with Crippen molar-refractivity contribution in [3.63, 3.8) is 0 Å². The lowest BCUT2D eigenvalue weighted by atomic mass is 10.1. The third-order valence-corrected chi connectivity index (χ3v) is 6.13. The maximum absolute atomic E-state index is 10.7. The molecule has 4 nitrogen and oxygen atoms in total. The van der Waals surface area contributed by atoms with E-state index in [0.717, 1.165) is 11.3 Å². The van der Waals surface area contributed by atoms with Crippen LogP contribution in [-0.4, -0.2) is 15.8 Å². The summed E-state index contributed by atoms with van der Waals surface area (Å²) in [5.74, 6) is -0.0774. The molecule has 1 fully saturated rings. The molecule has 17 heavy (non-hydrogen) atoms. The minimum atomic E-state index is -1.23. The molecule has 1 aromatic rings. The molecular formula is C12H17NO3S. The number of nitrogens with one attached hydrogen (secondary N) is 1. The van der Waals surface area contributed by atoms with E-state index < -0.39 is 16.5 Å². The number of benzene rings is 1. The lowest BCUT2D eigenvalue weighted by Gasteiger charge is -2.29. The van der Waals surface area contributed by atoms with E-state index in [9.17, 15) is 4.79 Å². The summed E-state index contributed by atoms with van der Waals surface area (Å²) in [6.07, 6.45) is 0. The van der Waals surface area contributed by atoms with Gasteiger partial charge in [0.2, 0.25) is 0 Å². The fourth-order valence-corrected chi connectivity index (χ4v) is 3.59. The van der Waals surface area contributed by atoms with E-state index in [-0.39, 0.29) is 4.75 Å². The van der Waals surface area contributed by atoms with Crippen LogP contribution in [0.15, 0.2) is 24.3 Å². The van der Waals surface area contributed by atoms with Crippen LogP contribution in [0.3, 0.4) is 0 Å². The molecule has 1 heterocycles. The standard InChI is InChI=1S/C12H17NO3S/c1-12(2,3)17(13-16-17)8-9-4-6-10(7-5-9)11(14)15/h4-7,13H,8H2,1-3H3,(H,14,15). The van der Waals surface area contributed by atoms with Crippen molar-refractivity contribution in [2.24, 2.45) is 0 Å². The van der Waals surface area contributed by atoms with Crippen molar-refractivity contribution in [2.75, 3.05) is 0 Å². The molecule has 0 spiro atoms. The van der Waals surface area contributed by atoms with Crippen molar-refractivity contribution in [1.29, 1.82) is 0 Å². The summed E-state index contributed by atoms with van der Waals surface area (Å²) in [6.45, 7) is 6.44. The molecule has 1 atom stereocenters. The molecule has 1 aromatic carbocycles. The molecule has 0 bridgehead atoms. The lowest BCUT2D eigenvalue weighted by molar-refractivity contribution is 0.0697. The second-order valence-corrected chi connectivity index (χ2v) is 8.30. The SMILES string of the molecule is CC(C)(C)S1(Cc2ccc(C(=O)O)cc2)NO1. The van der Waals surface area contributed by atoms with Gasteiger partial charge in [0.1, 0.15) is 0 Å². The highest BCUT2D eigenvalue weighted by atomic mass is 32.3. The van der Waals surface area contributed by atoms with E-state index in [1.165, 1.54) is 0 Å². The Bertz CT molecular complexity index is 432. The summed E-state index contributed by atoms with van der Waals surface area (Å²) in [4.78, 5) is 13.8. The van der Waals surface area contributed by atoms with Gasteiger partial charge in [-0.3, -0.25) is 0 Å². The predicted molar refractivity (Wildman–Crippen MR) is 68.7 cm³/mol. The predicted octanol–water partition coefficient (Wildman–Crippen LogP) is 2.85. The van der Waals surface area contributed by atoms with Crippen molar-refractivity contribution in [3.05, 3.63) is 35.4 Å². The van der Waals surface area contributed by atoms with Gasteiger partial charge >= 0.3 is 5.97 Å². The van der Waals surface area contributed by atoms with Crippen LogP contribution in [0, 0.1) is 0 Å². The molecule has 94 valence electrons. The summed E-state index contributed by atoms with van der Waals surface area (Å²) in [5.41, 5.74) is 1.42.